The zero-order valence-electron chi connectivity index (χ0n) is 16.8. The van der Waals surface area contributed by atoms with Crippen LogP contribution in [0, 0.1) is 5.41 Å². The van der Waals surface area contributed by atoms with Crippen molar-refractivity contribution in [1.29, 1.82) is 0 Å². The van der Waals surface area contributed by atoms with Gasteiger partial charge in [0, 0.05) is 11.1 Å². The van der Waals surface area contributed by atoms with Crippen LogP contribution in [0.2, 0.25) is 0 Å². The molecule has 0 spiro atoms. The lowest BCUT2D eigenvalue weighted by molar-refractivity contribution is -0.139. The second-order valence-electron chi connectivity index (χ2n) is 8.00. The minimum absolute atomic E-state index is 0.180. The van der Waals surface area contributed by atoms with Crippen LogP contribution in [0.15, 0.2) is 72.8 Å². The van der Waals surface area contributed by atoms with E-state index in [-0.39, 0.29) is 11.3 Å². The third kappa shape index (κ3) is 2.93. The summed E-state index contributed by atoms with van der Waals surface area (Å²) in [5.41, 5.74) is 1.14. The standard InChI is InChI=1S/C26H21ClO3/c1-26(15-22(26)27)25(28)30-21-14-12-17-8-4-6-10-19(17)24(21)23-18-9-5-3-7-16(18)11-13-20(23)29-2/h3-14,22H,15H2,1-2H3/t22-,26+/m0/s1. The Hall–Kier alpha value is -3.04. The number of carbonyl (C=O) groups is 1. The SMILES string of the molecule is COc1ccc2ccccc2c1-c1c(OC(=O)[C@]2(C)C[C@@H]2Cl)ccc2ccccc12. The van der Waals surface area contributed by atoms with Gasteiger partial charge in [-0.05, 0) is 47.0 Å². The summed E-state index contributed by atoms with van der Waals surface area (Å²) in [7, 11) is 1.66. The fourth-order valence-corrected chi connectivity index (χ4v) is 4.42. The van der Waals surface area contributed by atoms with Crippen molar-refractivity contribution in [3.8, 4) is 22.6 Å². The van der Waals surface area contributed by atoms with E-state index in [2.05, 4.69) is 18.2 Å². The number of methoxy groups -OCH3 is 1. The van der Waals surface area contributed by atoms with Gasteiger partial charge in [-0.2, -0.15) is 0 Å². The molecular formula is C26H21ClO3. The quantitative estimate of drug-likeness (QED) is 0.214. The van der Waals surface area contributed by atoms with Gasteiger partial charge in [-0.1, -0.05) is 60.7 Å². The maximum atomic E-state index is 12.9. The largest absolute Gasteiger partial charge is 0.496 e. The van der Waals surface area contributed by atoms with Crippen molar-refractivity contribution in [3.05, 3.63) is 72.8 Å². The Morgan fingerprint density at radius 1 is 0.867 bits per heavy atom. The van der Waals surface area contributed by atoms with Crippen LogP contribution in [-0.2, 0) is 4.79 Å². The molecule has 2 atom stereocenters. The molecule has 0 aliphatic heterocycles. The van der Waals surface area contributed by atoms with E-state index in [1.165, 1.54) is 0 Å². The Bertz CT molecular complexity index is 1300. The Balaban J connectivity index is 1.80. The van der Waals surface area contributed by atoms with Gasteiger partial charge in [0.05, 0.1) is 17.9 Å². The molecule has 30 heavy (non-hydrogen) atoms. The molecular weight excluding hydrogens is 396 g/mol. The highest BCUT2D eigenvalue weighted by atomic mass is 35.5. The van der Waals surface area contributed by atoms with Gasteiger partial charge in [0.1, 0.15) is 11.5 Å². The van der Waals surface area contributed by atoms with E-state index in [0.717, 1.165) is 38.4 Å². The van der Waals surface area contributed by atoms with Crippen LogP contribution < -0.4 is 9.47 Å². The van der Waals surface area contributed by atoms with Crippen LogP contribution in [0.5, 0.6) is 11.5 Å². The maximum Gasteiger partial charge on any atom is 0.318 e. The number of rotatable bonds is 4. The van der Waals surface area contributed by atoms with Crippen LogP contribution in [0.1, 0.15) is 13.3 Å². The molecule has 1 aliphatic carbocycles. The predicted octanol–water partition coefficient (Wildman–Crippen LogP) is 6.59. The molecule has 4 aromatic rings. The first-order valence-electron chi connectivity index (χ1n) is 9.97. The summed E-state index contributed by atoms with van der Waals surface area (Å²) in [6.45, 7) is 1.85. The minimum Gasteiger partial charge on any atom is -0.496 e. The summed E-state index contributed by atoms with van der Waals surface area (Å²) in [6, 6.07) is 24.1. The van der Waals surface area contributed by atoms with Crippen molar-refractivity contribution in [2.75, 3.05) is 7.11 Å². The number of benzene rings is 4. The molecule has 0 heterocycles. The molecule has 3 nitrogen and oxygen atoms in total. The number of halogens is 1. The van der Waals surface area contributed by atoms with Gasteiger partial charge in [-0.25, -0.2) is 0 Å². The van der Waals surface area contributed by atoms with E-state index in [9.17, 15) is 4.79 Å². The molecule has 1 fully saturated rings. The number of carbonyl (C=O) groups excluding carboxylic acids is 1. The third-order valence-corrected chi connectivity index (χ3v) is 6.69. The maximum absolute atomic E-state index is 12.9. The highest BCUT2D eigenvalue weighted by molar-refractivity contribution is 6.25. The van der Waals surface area contributed by atoms with E-state index in [0.29, 0.717) is 12.2 Å². The van der Waals surface area contributed by atoms with Gasteiger partial charge in [0.25, 0.3) is 0 Å². The molecule has 5 rings (SSSR count). The molecule has 4 heteroatoms. The zero-order valence-corrected chi connectivity index (χ0v) is 17.6. The summed E-state index contributed by atoms with van der Waals surface area (Å²) < 4.78 is 11.7. The molecule has 0 N–H and O–H groups in total. The zero-order chi connectivity index (χ0) is 20.9. The van der Waals surface area contributed by atoms with Crippen molar-refractivity contribution in [2.45, 2.75) is 18.7 Å². The van der Waals surface area contributed by atoms with Crippen LogP contribution in [0.4, 0.5) is 0 Å². The van der Waals surface area contributed by atoms with E-state index in [1.807, 2.05) is 61.5 Å². The van der Waals surface area contributed by atoms with Crippen LogP contribution in [-0.4, -0.2) is 18.5 Å². The number of hydrogen-bond donors (Lipinski definition) is 0. The summed E-state index contributed by atoms with van der Waals surface area (Å²) in [5, 5.41) is 4.02. The number of fused-ring (bicyclic) bond motifs is 2. The normalized spacial score (nSPS) is 20.3. The monoisotopic (exact) mass is 416 g/mol. The molecule has 0 bridgehead atoms. The van der Waals surface area contributed by atoms with Crippen LogP contribution in [0.3, 0.4) is 0 Å². The molecule has 0 radical (unpaired) electrons. The van der Waals surface area contributed by atoms with Crippen molar-refractivity contribution in [2.24, 2.45) is 5.41 Å². The number of alkyl halides is 1. The molecule has 1 aliphatic rings. The van der Waals surface area contributed by atoms with E-state index in [4.69, 9.17) is 21.1 Å². The van der Waals surface area contributed by atoms with E-state index >= 15 is 0 Å². The van der Waals surface area contributed by atoms with Gasteiger partial charge in [-0.3, -0.25) is 4.79 Å². The van der Waals surface area contributed by atoms with Gasteiger partial charge in [0.15, 0.2) is 0 Å². The smallest absolute Gasteiger partial charge is 0.318 e. The second kappa shape index (κ2) is 7.03. The number of ether oxygens (including phenoxy) is 2. The average molecular weight is 417 g/mol. The molecule has 0 aromatic heterocycles. The Labute approximate surface area is 180 Å². The highest BCUT2D eigenvalue weighted by Gasteiger charge is 2.57. The molecule has 0 amide bonds. The van der Waals surface area contributed by atoms with Crippen LogP contribution >= 0.6 is 11.6 Å². The fraction of sp³-hybridized carbons (Fsp3) is 0.192. The summed E-state index contributed by atoms with van der Waals surface area (Å²) in [5.74, 6) is 0.957. The predicted molar refractivity (Wildman–Crippen MR) is 121 cm³/mol. The summed E-state index contributed by atoms with van der Waals surface area (Å²) >= 11 is 6.21. The molecule has 150 valence electrons. The topological polar surface area (TPSA) is 35.5 Å². The Morgan fingerprint density at radius 2 is 1.37 bits per heavy atom. The van der Waals surface area contributed by atoms with Crippen molar-refractivity contribution in [3.63, 3.8) is 0 Å². The van der Waals surface area contributed by atoms with Gasteiger partial charge in [0.2, 0.25) is 0 Å². The highest BCUT2D eigenvalue weighted by Crippen LogP contribution is 2.52. The lowest BCUT2D eigenvalue weighted by atomic mass is 9.92. The number of hydrogen-bond acceptors (Lipinski definition) is 3. The van der Waals surface area contributed by atoms with E-state index < -0.39 is 5.41 Å². The third-order valence-electron chi connectivity index (χ3n) is 6.05. The van der Waals surface area contributed by atoms with Gasteiger partial charge < -0.3 is 9.47 Å². The lowest BCUT2D eigenvalue weighted by Gasteiger charge is -2.19. The molecule has 4 aromatic carbocycles. The first kappa shape index (κ1) is 19.0. The summed E-state index contributed by atoms with van der Waals surface area (Å²) in [4.78, 5) is 12.9. The lowest BCUT2D eigenvalue weighted by Crippen LogP contribution is -2.21. The Morgan fingerprint density at radius 3 is 1.90 bits per heavy atom. The van der Waals surface area contributed by atoms with Crippen molar-refractivity contribution >= 4 is 39.1 Å². The van der Waals surface area contributed by atoms with Crippen molar-refractivity contribution < 1.29 is 14.3 Å². The molecule has 0 unspecified atom stereocenters. The van der Waals surface area contributed by atoms with Crippen molar-refractivity contribution in [1.82, 2.24) is 0 Å². The minimum atomic E-state index is -0.632. The molecule has 0 saturated heterocycles. The van der Waals surface area contributed by atoms with Crippen LogP contribution in [0.25, 0.3) is 32.7 Å². The number of esters is 1. The second-order valence-corrected chi connectivity index (χ2v) is 8.53. The van der Waals surface area contributed by atoms with Gasteiger partial charge in [-0.15, -0.1) is 11.6 Å². The van der Waals surface area contributed by atoms with E-state index in [1.54, 1.807) is 7.11 Å². The Kier molecular flexibility index (Phi) is 4.44. The first-order valence-corrected chi connectivity index (χ1v) is 10.4. The summed E-state index contributed by atoms with van der Waals surface area (Å²) in [6.07, 6.45) is 0.633. The fourth-order valence-electron chi connectivity index (χ4n) is 4.01. The first-order chi connectivity index (χ1) is 14.5. The average Bonchev–Trinajstić information content (AvgIpc) is 3.40. The molecule has 1 saturated carbocycles. The van der Waals surface area contributed by atoms with Gasteiger partial charge >= 0.3 is 5.97 Å².